The summed E-state index contributed by atoms with van der Waals surface area (Å²) >= 11 is 0. The van der Waals surface area contributed by atoms with Crippen LogP contribution in [0.25, 0.3) is 0 Å². The average molecular weight is 265 g/mol. The van der Waals surface area contributed by atoms with E-state index in [1.165, 1.54) is 6.07 Å². The lowest BCUT2D eigenvalue weighted by Crippen LogP contribution is -2.21. The van der Waals surface area contributed by atoms with Crippen LogP contribution in [0.5, 0.6) is 0 Å². The van der Waals surface area contributed by atoms with Crippen LogP contribution >= 0.6 is 0 Å². The highest BCUT2D eigenvalue weighted by atomic mass is 19.2. The Morgan fingerprint density at radius 1 is 1.26 bits per heavy atom. The van der Waals surface area contributed by atoms with E-state index in [1.807, 2.05) is 10.8 Å². The lowest BCUT2D eigenvalue weighted by molar-refractivity contribution is 0.506. The number of imidazole rings is 1. The Labute approximate surface area is 111 Å². The van der Waals surface area contributed by atoms with Gasteiger partial charge < -0.3 is 9.88 Å². The molecule has 0 spiro atoms. The van der Waals surface area contributed by atoms with E-state index in [0.717, 1.165) is 11.8 Å². The highest BCUT2D eigenvalue weighted by molar-refractivity contribution is 5.18. The molecule has 0 saturated heterocycles. The zero-order valence-electron chi connectivity index (χ0n) is 11.0. The molecule has 2 aromatic rings. The second kappa shape index (κ2) is 5.93. The first-order chi connectivity index (χ1) is 9.04. The van der Waals surface area contributed by atoms with Gasteiger partial charge in [0.05, 0.1) is 12.0 Å². The average Bonchev–Trinajstić information content (AvgIpc) is 2.79. The number of rotatable bonds is 5. The Hall–Kier alpha value is -1.75. The maximum Gasteiger partial charge on any atom is 0.159 e. The number of nitrogens with one attached hydrogen (secondary N) is 1. The van der Waals surface area contributed by atoms with Gasteiger partial charge in [0.1, 0.15) is 0 Å². The molecule has 0 aliphatic rings. The molecule has 0 aliphatic carbocycles. The van der Waals surface area contributed by atoms with Crippen LogP contribution in [0.4, 0.5) is 8.78 Å². The van der Waals surface area contributed by atoms with E-state index < -0.39 is 11.6 Å². The molecule has 1 N–H and O–H groups in total. The Morgan fingerprint density at radius 2 is 2.05 bits per heavy atom. The number of nitrogens with zero attached hydrogens (tertiary/aromatic N) is 2. The van der Waals surface area contributed by atoms with Crippen LogP contribution in [-0.2, 0) is 13.1 Å². The van der Waals surface area contributed by atoms with Crippen LogP contribution in [0.15, 0.2) is 30.7 Å². The van der Waals surface area contributed by atoms with E-state index in [-0.39, 0.29) is 0 Å². The Bertz CT molecular complexity index is 549. The quantitative estimate of drug-likeness (QED) is 0.900. The topological polar surface area (TPSA) is 29.9 Å². The summed E-state index contributed by atoms with van der Waals surface area (Å²) in [5, 5.41) is 3.27. The summed E-state index contributed by atoms with van der Waals surface area (Å²) in [6.45, 7) is 5.31. The number of benzene rings is 1. The predicted molar refractivity (Wildman–Crippen MR) is 69.7 cm³/mol. The summed E-state index contributed by atoms with van der Waals surface area (Å²) in [5.41, 5.74) is 1.64. The molecule has 0 saturated carbocycles. The van der Waals surface area contributed by atoms with Crippen molar-refractivity contribution in [1.29, 1.82) is 0 Å². The summed E-state index contributed by atoms with van der Waals surface area (Å²) in [4.78, 5) is 4.26. The molecule has 5 heteroatoms. The molecular weight excluding hydrogens is 248 g/mol. The second-order valence-corrected chi connectivity index (χ2v) is 4.82. The van der Waals surface area contributed by atoms with Crippen molar-refractivity contribution in [2.45, 2.75) is 33.0 Å². The fourth-order valence-electron chi connectivity index (χ4n) is 1.74. The SMILES string of the molecule is CC(C)NCc1cn(Cc2ccc(F)c(F)c2)cn1. The highest BCUT2D eigenvalue weighted by Gasteiger charge is 2.04. The van der Waals surface area contributed by atoms with Crippen molar-refractivity contribution in [2.75, 3.05) is 0 Å². The largest absolute Gasteiger partial charge is 0.333 e. The second-order valence-electron chi connectivity index (χ2n) is 4.82. The molecule has 0 fully saturated rings. The van der Waals surface area contributed by atoms with Gasteiger partial charge in [-0.25, -0.2) is 13.8 Å². The molecule has 0 atom stereocenters. The summed E-state index contributed by atoms with van der Waals surface area (Å²) in [6, 6.07) is 4.32. The minimum absolute atomic E-state index is 0.399. The first-order valence-corrected chi connectivity index (χ1v) is 6.22. The third-order valence-corrected chi connectivity index (χ3v) is 2.73. The predicted octanol–water partition coefficient (Wildman–Crippen LogP) is 2.71. The molecule has 0 bridgehead atoms. The maximum atomic E-state index is 13.1. The minimum Gasteiger partial charge on any atom is -0.333 e. The van der Waals surface area contributed by atoms with Crippen molar-refractivity contribution in [3.63, 3.8) is 0 Å². The van der Waals surface area contributed by atoms with Gasteiger partial charge in [-0.05, 0) is 17.7 Å². The third-order valence-electron chi connectivity index (χ3n) is 2.73. The normalized spacial score (nSPS) is 11.2. The first-order valence-electron chi connectivity index (χ1n) is 6.22. The Kier molecular flexibility index (Phi) is 4.27. The molecule has 19 heavy (non-hydrogen) atoms. The van der Waals surface area contributed by atoms with Gasteiger partial charge in [0, 0.05) is 25.3 Å². The lowest BCUT2D eigenvalue weighted by atomic mass is 10.2. The van der Waals surface area contributed by atoms with Crippen molar-refractivity contribution in [3.05, 3.63) is 53.6 Å². The molecule has 0 amide bonds. The number of halogens is 2. The van der Waals surface area contributed by atoms with Gasteiger partial charge in [-0.3, -0.25) is 0 Å². The minimum atomic E-state index is -0.823. The molecule has 102 valence electrons. The van der Waals surface area contributed by atoms with E-state index in [2.05, 4.69) is 24.1 Å². The van der Waals surface area contributed by atoms with Crippen LogP contribution < -0.4 is 5.32 Å². The lowest BCUT2D eigenvalue weighted by Gasteiger charge is -2.05. The van der Waals surface area contributed by atoms with E-state index >= 15 is 0 Å². The van der Waals surface area contributed by atoms with Crippen molar-refractivity contribution >= 4 is 0 Å². The van der Waals surface area contributed by atoms with Crippen molar-refractivity contribution in [1.82, 2.24) is 14.9 Å². The number of hydrogen-bond acceptors (Lipinski definition) is 2. The molecular formula is C14H17F2N3. The molecule has 0 radical (unpaired) electrons. The van der Waals surface area contributed by atoms with E-state index in [1.54, 1.807) is 12.4 Å². The Balaban J connectivity index is 2.01. The van der Waals surface area contributed by atoms with E-state index in [9.17, 15) is 8.78 Å². The number of aromatic nitrogens is 2. The van der Waals surface area contributed by atoms with Gasteiger partial charge >= 0.3 is 0 Å². The molecule has 0 unspecified atom stereocenters. The monoisotopic (exact) mass is 265 g/mol. The van der Waals surface area contributed by atoms with Gasteiger partial charge in [0.2, 0.25) is 0 Å². The van der Waals surface area contributed by atoms with Crippen molar-refractivity contribution in [2.24, 2.45) is 0 Å². The van der Waals surface area contributed by atoms with Crippen LogP contribution in [0.2, 0.25) is 0 Å². The van der Waals surface area contributed by atoms with E-state index in [0.29, 0.717) is 24.7 Å². The van der Waals surface area contributed by atoms with Crippen molar-refractivity contribution < 1.29 is 8.78 Å². The molecule has 1 heterocycles. The molecule has 0 aliphatic heterocycles. The van der Waals surface area contributed by atoms with Crippen LogP contribution in [0.1, 0.15) is 25.1 Å². The Morgan fingerprint density at radius 3 is 2.74 bits per heavy atom. The zero-order chi connectivity index (χ0) is 13.8. The van der Waals surface area contributed by atoms with Crippen LogP contribution in [0, 0.1) is 11.6 Å². The summed E-state index contributed by atoms with van der Waals surface area (Å²) < 4.78 is 27.8. The first kappa shape index (κ1) is 13.7. The van der Waals surface area contributed by atoms with Gasteiger partial charge in [0.15, 0.2) is 11.6 Å². The summed E-state index contributed by atoms with van der Waals surface area (Å²) in [7, 11) is 0. The van der Waals surface area contributed by atoms with Gasteiger partial charge in [-0.1, -0.05) is 19.9 Å². The van der Waals surface area contributed by atoms with Crippen molar-refractivity contribution in [3.8, 4) is 0 Å². The van der Waals surface area contributed by atoms with Gasteiger partial charge in [-0.2, -0.15) is 0 Å². The summed E-state index contributed by atoms with van der Waals surface area (Å²) in [5.74, 6) is -1.64. The fraction of sp³-hybridized carbons (Fsp3) is 0.357. The highest BCUT2D eigenvalue weighted by Crippen LogP contribution is 2.10. The van der Waals surface area contributed by atoms with Gasteiger partial charge in [-0.15, -0.1) is 0 Å². The zero-order valence-corrected chi connectivity index (χ0v) is 11.0. The fourth-order valence-corrected chi connectivity index (χ4v) is 1.74. The number of hydrogen-bond donors (Lipinski definition) is 1. The third kappa shape index (κ3) is 3.86. The molecule has 1 aromatic heterocycles. The van der Waals surface area contributed by atoms with Crippen LogP contribution in [0.3, 0.4) is 0 Å². The van der Waals surface area contributed by atoms with E-state index in [4.69, 9.17) is 0 Å². The maximum absolute atomic E-state index is 13.1. The molecule has 3 nitrogen and oxygen atoms in total. The summed E-state index contributed by atoms with van der Waals surface area (Å²) in [6.07, 6.45) is 3.59. The molecule has 1 aromatic carbocycles. The van der Waals surface area contributed by atoms with Crippen LogP contribution in [-0.4, -0.2) is 15.6 Å². The smallest absolute Gasteiger partial charge is 0.159 e. The standard InChI is InChI=1S/C14H17F2N3/c1-10(2)17-6-12-8-19(9-18-12)7-11-3-4-13(15)14(16)5-11/h3-5,8-10,17H,6-7H2,1-2H3. The van der Waals surface area contributed by atoms with Gasteiger partial charge in [0.25, 0.3) is 0 Å². The molecule has 2 rings (SSSR count).